The monoisotopic (exact) mass is 776 g/mol. The molecule has 272 valence electrons. The first-order chi connectivity index (χ1) is 24.6. The van der Waals surface area contributed by atoms with Crippen LogP contribution in [0.4, 0.5) is 0 Å². The zero-order valence-electron chi connectivity index (χ0n) is 28.3. The fourth-order valence-electron chi connectivity index (χ4n) is 4.59. The summed E-state index contributed by atoms with van der Waals surface area (Å²) in [5.74, 6) is 1.64. The van der Waals surface area contributed by atoms with E-state index in [1.54, 1.807) is 50.2 Å². The molecule has 2 N–H and O–H groups in total. The Bertz CT molecular complexity index is 1620. The second-order valence-electron chi connectivity index (χ2n) is 11.4. The van der Waals surface area contributed by atoms with Crippen LogP contribution < -0.4 is 29.6 Å². The van der Waals surface area contributed by atoms with Crippen molar-refractivity contribution in [2.24, 2.45) is 0 Å². The van der Waals surface area contributed by atoms with Crippen LogP contribution >= 0.6 is 46.4 Å². The molecular formula is C38H40Cl4N2O7. The minimum absolute atomic E-state index is 0.275. The minimum atomic E-state index is -0.745. The molecule has 0 spiro atoms. The molecule has 2 atom stereocenters. The second kappa shape index (κ2) is 20.9. The third-order valence-corrected chi connectivity index (χ3v) is 8.33. The number of carbonyl (C=O) groups excluding carboxylic acids is 2. The van der Waals surface area contributed by atoms with Gasteiger partial charge in [-0.25, -0.2) is 0 Å². The van der Waals surface area contributed by atoms with Gasteiger partial charge in [0.05, 0.1) is 23.3 Å². The molecule has 51 heavy (non-hydrogen) atoms. The van der Waals surface area contributed by atoms with Crippen LogP contribution in [-0.4, -0.2) is 50.4 Å². The van der Waals surface area contributed by atoms with Crippen molar-refractivity contribution in [2.75, 3.05) is 26.4 Å². The Labute approximate surface area is 318 Å². The molecule has 0 aromatic heterocycles. The van der Waals surface area contributed by atoms with Gasteiger partial charge in [0.2, 0.25) is 0 Å². The number of amides is 2. The summed E-state index contributed by atoms with van der Waals surface area (Å²) >= 11 is 24.1. The second-order valence-corrected chi connectivity index (χ2v) is 13.1. The maximum absolute atomic E-state index is 12.5. The lowest BCUT2D eigenvalue weighted by molar-refractivity contribution is -0.128. The highest BCUT2D eigenvalue weighted by atomic mass is 35.5. The van der Waals surface area contributed by atoms with Crippen LogP contribution in [-0.2, 0) is 27.4 Å². The lowest BCUT2D eigenvalue weighted by Gasteiger charge is -2.16. The number of carbonyl (C=O) groups is 2. The van der Waals surface area contributed by atoms with Crippen molar-refractivity contribution in [2.45, 2.75) is 52.0 Å². The third-order valence-electron chi connectivity index (χ3n) is 7.27. The van der Waals surface area contributed by atoms with Crippen molar-refractivity contribution < 1.29 is 33.3 Å². The van der Waals surface area contributed by atoms with Gasteiger partial charge in [-0.1, -0.05) is 70.7 Å². The van der Waals surface area contributed by atoms with Crippen molar-refractivity contribution >= 4 is 58.2 Å². The van der Waals surface area contributed by atoms with Gasteiger partial charge in [-0.3, -0.25) is 9.59 Å². The Hall–Kier alpha value is -3.86. The molecule has 13 heteroatoms. The molecule has 0 bridgehead atoms. The quantitative estimate of drug-likeness (QED) is 0.0866. The van der Waals surface area contributed by atoms with Gasteiger partial charge in [0.1, 0.15) is 23.0 Å². The molecule has 0 aliphatic carbocycles. The Kier molecular flexibility index (Phi) is 16.3. The Balaban J connectivity index is 1.05. The summed E-state index contributed by atoms with van der Waals surface area (Å²) in [6.07, 6.45) is -0.0566. The van der Waals surface area contributed by atoms with Crippen molar-refractivity contribution in [1.82, 2.24) is 10.6 Å². The summed E-state index contributed by atoms with van der Waals surface area (Å²) in [6.45, 7) is 6.02. The van der Waals surface area contributed by atoms with Crippen LogP contribution in [0.25, 0.3) is 0 Å². The van der Waals surface area contributed by atoms with Gasteiger partial charge >= 0.3 is 0 Å². The molecule has 0 aliphatic rings. The van der Waals surface area contributed by atoms with Gasteiger partial charge in [-0.2, -0.15) is 0 Å². The number of nitrogens with one attached hydrogen (secondary N) is 2. The summed E-state index contributed by atoms with van der Waals surface area (Å²) < 4.78 is 28.8. The molecule has 2 unspecified atom stereocenters. The molecule has 0 aliphatic heterocycles. The molecule has 4 aromatic carbocycles. The predicted molar refractivity (Wildman–Crippen MR) is 201 cm³/mol. The van der Waals surface area contributed by atoms with E-state index in [0.29, 0.717) is 95.4 Å². The van der Waals surface area contributed by atoms with Crippen LogP contribution in [0.1, 0.15) is 37.8 Å². The Morgan fingerprint density at radius 2 is 1.02 bits per heavy atom. The maximum Gasteiger partial charge on any atom is 0.261 e. The van der Waals surface area contributed by atoms with Gasteiger partial charge in [0.25, 0.3) is 11.8 Å². The largest absolute Gasteiger partial charge is 0.493 e. The zero-order valence-corrected chi connectivity index (χ0v) is 31.3. The highest BCUT2D eigenvalue weighted by Gasteiger charge is 2.17. The van der Waals surface area contributed by atoms with E-state index in [1.807, 2.05) is 48.5 Å². The van der Waals surface area contributed by atoms with Crippen LogP contribution in [0.5, 0.6) is 23.0 Å². The molecular weight excluding hydrogens is 738 g/mol. The lowest BCUT2D eigenvalue weighted by atomic mass is 10.2. The highest BCUT2D eigenvalue weighted by Crippen LogP contribution is 2.29. The first-order valence-corrected chi connectivity index (χ1v) is 17.9. The fraction of sp³-hybridized carbons (Fsp3) is 0.316. The molecule has 4 rings (SSSR count). The van der Waals surface area contributed by atoms with E-state index < -0.39 is 12.2 Å². The van der Waals surface area contributed by atoms with Crippen molar-refractivity contribution in [3.8, 4) is 23.0 Å². The number of halogens is 4. The van der Waals surface area contributed by atoms with Gasteiger partial charge in [-0.15, -0.1) is 0 Å². The van der Waals surface area contributed by atoms with Crippen molar-refractivity contribution in [3.05, 3.63) is 116 Å². The third kappa shape index (κ3) is 14.0. The summed E-state index contributed by atoms with van der Waals surface area (Å²) in [7, 11) is 0. The van der Waals surface area contributed by atoms with E-state index in [9.17, 15) is 9.59 Å². The van der Waals surface area contributed by atoms with Crippen LogP contribution in [0.2, 0.25) is 20.1 Å². The molecule has 9 nitrogen and oxygen atoms in total. The zero-order chi connectivity index (χ0) is 36.6. The predicted octanol–water partition coefficient (Wildman–Crippen LogP) is 8.72. The average Bonchev–Trinajstić information content (AvgIpc) is 3.11. The number of rotatable bonds is 20. The summed E-state index contributed by atoms with van der Waals surface area (Å²) in [4.78, 5) is 25.1. The SMILES string of the molecule is CC(Oc1ccc(Cl)cc1Cl)C(=O)NCc1cccc(OCCCOCCCOc2cccc(CNC(=O)C(C)Oc3ccc(Cl)cc3Cl)c2)c1. The highest BCUT2D eigenvalue weighted by molar-refractivity contribution is 6.36. The van der Waals surface area contributed by atoms with Crippen LogP contribution in [0.3, 0.4) is 0 Å². The molecule has 2 amide bonds. The summed E-state index contributed by atoms with van der Waals surface area (Å²) in [5, 5.41) is 7.39. The van der Waals surface area contributed by atoms with E-state index in [2.05, 4.69) is 10.6 Å². The minimum Gasteiger partial charge on any atom is -0.493 e. The van der Waals surface area contributed by atoms with Crippen LogP contribution in [0, 0.1) is 0 Å². The van der Waals surface area contributed by atoms with Gasteiger partial charge in [0.15, 0.2) is 12.2 Å². The van der Waals surface area contributed by atoms with E-state index in [-0.39, 0.29) is 11.8 Å². The van der Waals surface area contributed by atoms with Gasteiger partial charge in [0, 0.05) is 49.2 Å². The number of hydrogen-bond acceptors (Lipinski definition) is 7. The number of hydrogen-bond donors (Lipinski definition) is 2. The van der Waals surface area contributed by atoms with Crippen molar-refractivity contribution in [3.63, 3.8) is 0 Å². The maximum atomic E-state index is 12.5. The summed E-state index contributed by atoms with van der Waals surface area (Å²) in [6, 6.07) is 24.8. The Morgan fingerprint density at radius 1 is 0.588 bits per heavy atom. The van der Waals surface area contributed by atoms with E-state index in [4.69, 9.17) is 70.1 Å². The first-order valence-electron chi connectivity index (χ1n) is 16.4. The first kappa shape index (κ1) is 39.9. The molecule has 0 radical (unpaired) electrons. The molecule has 0 fully saturated rings. The van der Waals surface area contributed by atoms with Gasteiger partial charge in [-0.05, 0) is 85.6 Å². The fourth-order valence-corrected chi connectivity index (χ4v) is 5.50. The molecule has 0 saturated carbocycles. The van der Waals surface area contributed by atoms with E-state index in [1.165, 1.54) is 0 Å². The normalized spacial score (nSPS) is 12.0. The lowest BCUT2D eigenvalue weighted by Crippen LogP contribution is -2.35. The van der Waals surface area contributed by atoms with Gasteiger partial charge < -0.3 is 34.3 Å². The topological polar surface area (TPSA) is 104 Å². The van der Waals surface area contributed by atoms with Crippen molar-refractivity contribution in [1.29, 1.82) is 0 Å². The molecule has 4 aromatic rings. The van der Waals surface area contributed by atoms with E-state index in [0.717, 1.165) is 11.1 Å². The number of benzene rings is 4. The van der Waals surface area contributed by atoms with E-state index >= 15 is 0 Å². The molecule has 0 saturated heterocycles. The summed E-state index contributed by atoms with van der Waals surface area (Å²) in [5.41, 5.74) is 1.79. The van der Waals surface area contributed by atoms with Crippen LogP contribution in [0.15, 0.2) is 84.9 Å². The number of ether oxygens (including phenoxy) is 5. The standard InChI is InChI=1S/C38H40Cl4N2O7/c1-25(50-35-13-11-29(39)21-33(35)41)37(45)43-23-27-7-3-9-31(19-27)48-17-5-15-47-16-6-18-49-32-10-4-8-28(20-32)24-44-38(46)26(2)51-36-14-12-30(40)22-34(36)42/h3-4,7-14,19-22,25-26H,5-6,15-18,23-24H2,1-2H3,(H,43,45)(H,44,46). The average molecular weight is 779 g/mol. The molecule has 0 heterocycles. The smallest absolute Gasteiger partial charge is 0.261 e. The Morgan fingerprint density at radius 3 is 1.43 bits per heavy atom.